The Kier molecular flexibility index (Phi) is 6.41. The van der Waals surface area contributed by atoms with Crippen LogP contribution in [0, 0.1) is 0 Å². The molecule has 1 aromatic heterocycles. The first kappa shape index (κ1) is 16.2. The molecule has 0 atom stereocenters. The lowest BCUT2D eigenvalue weighted by atomic mass is 10.3. The molecule has 1 aliphatic heterocycles. The number of nitrogens with zero attached hydrogens (tertiary/aromatic N) is 3. The molecule has 0 aromatic carbocycles. The predicted molar refractivity (Wildman–Crippen MR) is 88.8 cm³/mol. The van der Waals surface area contributed by atoms with E-state index in [2.05, 4.69) is 43.1 Å². The lowest BCUT2D eigenvalue weighted by molar-refractivity contribution is 0.240. The van der Waals surface area contributed by atoms with Crippen LogP contribution < -0.4 is 16.2 Å². The van der Waals surface area contributed by atoms with E-state index in [0.29, 0.717) is 11.0 Å². The molecule has 1 aromatic rings. The molecule has 2 rings (SSSR count). The summed E-state index contributed by atoms with van der Waals surface area (Å²) < 4.78 is 1.91. The van der Waals surface area contributed by atoms with Gasteiger partial charge in [0.1, 0.15) is 4.47 Å². The second kappa shape index (κ2) is 8.31. The molecule has 0 unspecified atom stereocenters. The Morgan fingerprint density at radius 3 is 2.95 bits per heavy atom. The highest BCUT2D eigenvalue weighted by Crippen LogP contribution is 2.15. The van der Waals surface area contributed by atoms with Crippen LogP contribution in [0.2, 0.25) is 0 Å². The van der Waals surface area contributed by atoms with Gasteiger partial charge in [-0.05, 0) is 28.9 Å². The lowest BCUT2D eigenvalue weighted by Crippen LogP contribution is -2.44. The van der Waals surface area contributed by atoms with Gasteiger partial charge in [0.05, 0.1) is 18.4 Å². The van der Waals surface area contributed by atoms with E-state index in [1.807, 2.05) is 0 Å². The van der Waals surface area contributed by atoms with E-state index in [9.17, 15) is 4.79 Å². The molecule has 0 aliphatic carbocycles. The average Bonchev–Trinajstić information content (AvgIpc) is 2.51. The van der Waals surface area contributed by atoms with E-state index >= 15 is 0 Å². The van der Waals surface area contributed by atoms with Gasteiger partial charge >= 0.3 is 0 Å². The second-order valence-electron chi connectivity index (χ2n) is 5.02. The summed E-state index contributed by atoms with van der Waals surface area (Å²) in [6.07, 6.45) is 4.38. The monoisotopic (exact) mass is 355 g/mol. The number of hydrogen-bond donors (Lipinski definition) is 2. The minimum absolute atomic E-state index is 0.137. The maximum atomic E-state index is 12.0. The number of rotatable bonds is 7. The van der Waals surface area contributed by atoms with Gasteiger partial charge in [0.15, 0.2) is 0 Å². The molecule has 21 heavy (non-hydrogen) atoms. The molecule has 0 amide bonds. The zero-order valence-corrected chi connectivity index (χ0v) is 13.7. The zero-order valence-electron chi connectivity index (χ0n) is 12.1. The van der Waals surface area contributed by atoms with Crippen molar-refractivity contribution >= 4 is 21.6 Å². The normalized spacial score (nSPS) is 15.9. The standard InChI is InChI=1S/C14H22BrN5O/c1-2-7-20-14(21)13(15)12(11-18-20)17-4-3-8-19-9-5-16-6-10-19/h2,11,16-17H,1,3-10H2. The summed E-state index contributed by atoms with van der Waals surface area (Å²) in [5.74, 6) is 0. The Balaban J connectivity index is 1.81. The van der Waals surface area contributed by atoms with Gasteiger partial charge in [0.2, 0.25) is 0 Å². The molecule has 6 nitrogen and oxygen atoms in total. The van der Waals surface area contributed by atoms with Gasteiger partial charge in [-0.15, -0.1) is 6.58 Å². The van der Waals surface area contributed by atoms with Gasteiger partial charge in [-0.25, -0.2) is 4.68 Å². The van der Waals surface area contributed by atoms with Gasteiger partial charge in [-0.2, -0.15) is 5.10 Å². The van der Waals surface area contributed by atoms with E-state index < -0.39 is 0 Å². The Morgan fingerprint density at radius 1 is 1.48 bits per heavy atom. The molecule has 0 saturated carbocycles. The van der Waals surface area contributed by atoms with Crippen molar-refractivity contribution in [1.29, 1.82) is 0 Å². The Bertz CT molecular complexity index is 525. The summed E-state index contributed by atoms with van der Waals surface area (Å²) in [5, 5.41) is 10.7. The first-order valence-corrected chi connectivity index (χ1v) is 8.05. The molecule has 7 heteroatoms. The van der Waals surface area contributed by atoms with Crippen molar-refractivity contribution in [2.24, 2.45) is 0 Å². The highest BCUT2D eigenvalue weighted by molar-refractivity contribution is 9.10. The highest BCUT2D eigenvalue weighted by atomic mass is 79.9. The molecule has 1 saturated heterocycles. The molecule has 2 N–H and O–H groups in total. The fraction of sp³-hybridized carbons (Fsp3) is 0.571. The van der Waals surface area contributed by atoms with Crippen molar-refractivity contribution in [2.75, 3.05) is 44.6 Å². The van der Waals surface area contributed by atoms with Crippen LogP contribution in [0.4, 0.5) is 5.69 Å². The van der Waals surface area contributed by atoms with Crippen LogP contribution in [0.15, 0.2) is 28.1 Å². The van der Waals surface area contributed by atoms with Crippen LogP contribution in [0.3, 0.4) is 0 Å². The number of hydrogen-bond acceptors (Lipinski definition) is 5. The average molecular weight is 356 g/mol. The summed E-state index contributed by atoms with van der Waals surface area (Å²) in [7, 11) is 0. The van der Waals surface area contributed by atoms with Gasteiger partial charge in [0.25, 0.3) is 5.56 Å². The molecular weight excluding hydrogens is 334 g/mol. The number of anilines is 1. The Hall–Kier alpha value is -1.18. The third kappa shape index (κ3) is 4.66. The number of halogens is 1. The third-order valence-electron chi connectivity index (χ3n) is 3.46. The minimum Gasteiger partial charge on any atom is -0.383 e. The van der Waals surface area contributed by atoms with Crippen LogP contribution in [0.1, 0.15) is 6.42 Å². The summed E-state index contributed by atoms with van der Waals surface area (Å²) >= 11 is 3.34. The number of allylic oxidation sites excluding steroid dienone is 1. The summed E-state index contributed by atoms with van der Waals surface area (Å²) in [6, 6.07) is 0. The summed E-state index contributed by atoms with van der Waals surface area (Å²) in [5.41, 5.74) is 0.614. The minimum atomic E-state index is -0.137. The smallest absolute Gasteiger partial charge is 0.283 e. The van der Waals surface area contributed by atoms with Crippen molar-refractivity contribution in [3.63, 3.8) is 0 Å². The van der Waals surface area contributed by atoms with Crippen molar-refractivity contribution in [3.05, 3.63) is 33.7 Å². The summed E-state index contributed by atoms with van der Waals surface area (Å²) in [4.78, 5) is 14.5. The molecule has 116 valence electrons. The van der Waals surface area contributed by atoms with Crippen LogP contribution in [0.5, 0.6) is 0 Å². The van der Waals surface area contributed by atoms with Crippen molar-refractivity contribution in [3.8, 4) is 0 Å². The Morgan fingerprint density at radius 2 is 2.24 bits per heavy atom. The van der Waals surface area contributed by atoms with E-state index in [1.54, 1.807) is 12.3 Å². The molecular formula is C14H22BrN5O. The maximum absolute atomic E-state index is 12.0. The lowest BCUT2D eigenvalue weighted by Gasteiger charge is -2.27. The van der Waals surface area contributed by atoms with Gasteiger partial charge in [0, 0.05) is 32.7 Å². The molecule has 0 radical (unpaired) electrons. The topological polar surface area (TPSA) is 62.2 Å². The van der Waals surface area contributed by atoms with Crippen LogP contribution in [-0.4, -0.2) is 53.9 Å². The van der Waals surface area contributed by atoms with E-state index in [0.717, 1.165) is 51.4 Å². The van der Waals surface area contributed by atoms with E-state index in [4.69, 9.17) is 0 Å². The maximum Gasteiger partial charge on any atom is 0.283 e. The largest absolute Gasteiger partial charge is 0.383 e. The molecule has 1 aliphatic rings. The molecule has 0 spiro atoms. The van der Waals surface area contributed by atoms with Crippen LogP contribution in [-0.2, 0) is 6.54 Å². The van der Waals surface area contributed by atoms with Crippen LogP contribution >= 0.6 is 15.9 Å². The molecule has 2 heterocycles. The Labute approximate surface area is 133 Å². The number of nitrogens with one attached hydrogen (secondary N) is 2. The fourth-order valence-corrected chi connectivity index (χ4v) is 2.75. The van der Waals surface area contributed by atoms with Crippen molar-refractivity contribution < 1.29 is 0 Å². The molecule has 1 fully saturated rings. The predicted octanol–water partition coefficient (Wildman–Crippen LogP) is 0.899. The number of piperazine rings is 1. The first-order valence-electron chi connectivity index (χ1n) is 7.26. The van der Waals surface area contributed by atoms with Crippen LogP contribution in [0.25, 0.3) is 0 Å². The fourth-order valence-electron chi connectivity index (χ4n) is 2.30. The number of aromatic nitrogens is 2. The quantitative estimate of drug-likeness (QED) is 0.562. The first-order chi connectivity index (χ1) is 10.2. The second-order valence-corrected chi connectivity index (χ2v) is 5.81. The zero-order chi connectivity index (χ0) is 15.1. The van der Waals surface area contributed by atoms with E-state index in [1.165, 1.54) is 4.68 Å². The highest BCUT2D eigenvalue weighted by Gasteiger charge is 2.10. The van der Waals surface area contributed by atoms with Crippen molar-refractivity contribution in [2.45, 2.75) is 13.0 Å². The van der Waals surface area contributed by atoms with Gasteiger partial charge in [-0.3, -0.25) is 4.79 Å². The van der Waals surface area contributed by atoms with Gasteiger partial charge < -0.3 is 15.5 Å². The third-order valence-corrected chi connectivity index (χ3v) is 4.23. The summed E-state index contributed by atoms with van der Waals surface area (Å²) in [6.45, 7) is 10.3. The molecule has 0 bridgehead atoms. The SMILES string of the molecule is C=CCn1ncc(NCCCN2CCNCC2)c(Br)c1=O. The van der Waals surface area contributed by atoms with Crippen molar-refractivity contribution in [1.82, 2.24) is 20.0 Å². The van der Waals surface area contributed by atoms with Gasteiger partial charge in [-0.1, -0.05) is 6.08 Å². The van der Waals surface area contributed by atoms with E-state index in [-0.39, 0.29) is 5.56 Å².